The zero-order valence-electron chi connectivity index (χ0n) is 11.0. The minimum absolute atomic E-state index is 0.0322. The summed E-state index contributed by atoms with van der Waals surface area (Å²) >= 11 is 0. The normalized spacial score (nSPS) is 24.4. The van der Waals surface area contributed by atoms with E-state index in [1.54, 1.807) is 0 Å². The zero-order chi connectivity index (χ0) is 16.1. The van der Waals surface area contributed by atoms with E-state index in [1.807, 2.05) is 0 Å². The van der Waals surface area contributed by atoms with Crippen molar-refractivity contribution in [2.24, 2.45) is 0 Å². The summed E-state index contributed by atoms with van der Waals surface area (Å²) in [5.41, 5.74) is -1.19. The molecule has 21 heavy (non-hydrogen) atoms. The van der Waals surface area contributed by atoms with Crippen LogP contribution in [-0.2, 0) is 20.2 Å². The molecule has 1 fully saturated rings. The Hall–Kier alpha value is -1.10. The molecule has 0 radical (unpaired) electrons. The highest BCUT2D eigenvalue weighted by Crippen LogP contribution is 2.28. The Labute approximate surface area is 121 Å². The highest BCUT2D eigenvalue weighted by molar-refractivity contribution is 7.89. The lowest BCUT2D eigenvalue weighted by Gasteiger charge is -2.19. The van der Waals surface area contributed by atoms with Gasteiger partial charge in [-0.25, -0.2) is 12.8 Å². The van der Waals surface area contributed by atoms with E-state index < -0.39 is 41.5 Å². The molecule has 2 rings (SSSR count). The van der Waals surface area contributed by atoms with Crippen molar-refractivity contribution in [2.75, 3.05) is 13.1 Å². The van der Waals surface area contributed by atoms with Gasteiger partial charge in [0.05, 0.1) is 10.5 Å². The smallest absolute Gasteiger partial charge is 0.335 e. The van der Waals surface area contributed by atoms with Crippen molar-refractivity contribution in [3.8, 4) is 0 Å². The average molecular weight is 341 g/mol. The van der Waals surface area contributed by atoms with E-state index in [0.717, 1.165) is 10.4 Å². The predicted molar refractivity (Wildman–Crippen MR) is 68.7 cm³/mol. The summed E-state index contributed by atoms with van der Waals surface area (Å²) in [5, 5.41) is 9.78. The molecule has 1 aliphatic heterocycles. The predicted octanol–water partition coefficient (Wildman–Crippen LogP) is 0.629. The van der Waals surface area contributed by atoms with E-state index >= 15 is 0 Å². The zero-order valence-corrected chi connectivity index (χ0v) is 12.6. The molecule has 1 aliphatic rings. The van der Waals surface area contributed by atoms with E-state index in [0.29, 0.717) is 12.1 Å². The topological polar surface area (TPSA) is 91.8 Å². The average Bonchev–Trinajstić information content (AvgIpc) is 2.69. The molecule has 0 aliphatic carbocycles. The van der Waals surface area contributed by atoms with Crippen molar-refractivity contribution in [1.82, 2.24) is 4.31 Å². The lowest BCUT2D eigenvalue weighted by atomic mass is 10.1. The van der Waals surface area contributed by atoms with Crippen LogP contribution in [0.3, 0.4) is 0 Å². The SMILES string of the molecule is CC1(O)CCN(S(=O)(=O)c2ccc(F)c(S(=O)(=O)F)c2)C1. The van der Waals surface area contributed by atoms with E-state index in [2.05, 4.69) is 0 Å². The minimum atomic E-state index is -5.37. The van der Waals surface area contributed by atoms with Gasteiger partial charge in [0, 0.05) is 13.1 Å². The van der Waals surface area contributed by atoms with Crippen LogP contribution in [0.2, 0.25) is 0 Å². The van der Waals surface area contributed by atoms with Crippen molar-refractivity contribution in [3.63, 3.8) is 0 Å². The van der Waals surface area contributed by atoms with Gasteiger partial charge in [-0.3, -0.25) is 0 Å². The summed E-state index contributed by atoms with van der Waals surface area (Å²) in [4.78, 5) is -1.87. The Balaban J connectivity index is 2.47. The number of hydrogen-bond acceptors (Lipinski definition) is 5. The maximum Gasteiger partial charge on any atom is 0.335 e. The van der Waals surface area contributed by atoms with Gasteiger partial charge in [-0.05, 0) is 31.5 Å². The summed E-state index contributed by atoms with van der Waals surface area (Å²) in [5.74, 6) is -1.37. The molecule has 118 valence electrons. The Kier molecular flexibility index (Phi) is 3.85. The number of β-amino-alcohol motifs (C(OH)–C–C–N with tert-alkyl or cyclic N) is 1. The van der Waals surface area contributed by atoms with Gasteiger partial charge < -0.3 is 5.11 Å². The van der Waals surface area contributed by atoms with Crippen LogP contribution in [0.4, 0.5) is 8.28 Å². The van der Waals surface area contributed by atoms with Gasteiger partial charge in [0.2, 0.25) is 10.0 Å². The number of aliphatic hydroxyl groups is 1. The molecule has 1 aromatic rings. The van der Waals surface area contributed by atoms with Crippen molar-refractivity contribution in [3.05, 3.63) is 24.0 Å². The lowest BCUT2D eigenvalue weighted by molar-refractivity contribution is 0.0762. The summed E-state index contributed by atoms with van der Waals surface area (Å²) in [6.45, 7) is 1.32. The first-order valence-corrected chi connectivity index (χ1v) is 8.73. The van der Waals surface area contributed by atoms with Crippen molar-refractivity contribution < 1.29 is 30.2 Å². The molecule has 0 amide bonds. The van der Waals surface area contributed by atoms with Gasteiger partial charge in [0.25, 0.3) is 0 Å². The van der Waals surface area contributed by atoms with Crippen LogP contribution in [0, 0.1) is 5.82 Å². The molecule has 0 bridgehead atoms. The lowest BCUT2D eigenvalue weighted by Crippen LogP contribution is -2.34. The standard InChI is InChI=1S/C11H13F2NO5S2/c1-11(15)4-5-14(7-11)21(18,19)8-2-3-9(12)10(6-8)20(13,16)17/h2-3,6,15H,4-5,7H2,1H3. The van der Waals surface area contributed by atoms with Crippen LogP contribution in [0.5, 0.6) is 0 Å². The highest BCUT2D eigenvalue weighted by Gasteiger charge is 2.39. The molecule has 0 aromatic heterocycles. The molecule has 1 atom stereocenters. The van der Waals surface area contributed by atoms with Crippen molar-refractivity contribution in [2.45, 2.75) is 28.7 Å². The summed E-state index contributed by atoms with van der Waals surface area (Å²) in [6.07, 6.45) is 0.210. The van der Waals surface area contributed by atoms with E-state index in [4.69, 9.17) is 0 Å². The Morgan fingerprint density at radius 3 is 2.38 bits per heavy atom. The Morgan fingerprint density at radius 1 is 1.29 bits per heavy atom. The van der Waals surface area contributed by atoms with Gasteiger partial charge >= 0.3 is 10.2 Å². The third-order valence-corrected chi connectivity index (χ3v) is 5.90. The molecule has 0 spiro atoms. The highest BCUT2D eigenvalue weighted by atomic mass is 32.3. The van der Waals surface area contributed by atoms with Crippen LogP contribution in [0.25, 0.3) is 0 Å². The number of rotatable bonds is 3. The van der Waals surface area contributed by atoms with E-state index in [-0.39, 0.29) is 19.5 Å². The monoisotopic (exact) mass is 341 g/mol. The summed E-state index contributed by atoms with van der Waals surface area (Å²) < 4.78 is 73.3. The first-order valence-electron chi connectivity index (χ1n) is 5.90. The van der Waals surface area contributed by atoms with Crippen LogP contribution in [-0.4, -0.2) is 44.9 Å². The molecular weight excluding hydrogens is 328 g/mol. The second kappa shape index (κ2) is 4.97. The first-order chi connectivity index (χ1) is 9.43. The molecule has 0 saturated carbocycles. The third-order valence-electron chi connectivity index (χ3n) is 3.22. The largest absolute Gasteiger partial charge is 0.389 e. The van der Waals surface area contributed by atoms with Gasteiger partial charge in [-0.1, -0.05) is 0 Å². The fourth-order valence-electron chi connectivity index (χ4n) is 2.09. The molecule has 10 heteroatoms. The second-order valence-corrected chi connectivity index (χ2v) is 8.37. The van der Waals surface area contributed by atoms with Gasteiger partial charge in [-0.2, -0.15) is 12.7 Å². The number of hydrogen-bond donors (Lipinski definition) is 1. The number of sulfonamides is 1. The molecule has 1 saturated heterocycles. The van der Waals surface area contributed by atoms with Crippen LogP contribution in [0.1, 0.15) is 13.3 Å². The summed E-state index contributed by atoms with van der Waals surface area (Å²) in [7, 11) is -9.50. The number of nitrogens with zero attached hydrogens (tertiary/aromatic N) is 1. The molecular formula is C11H13F2NO5S2. The molecule has 1 unspecified atom stereocenters. The van der Waals surface area contributed by atoms with Crippen molar-refractivity contribution >= 4 is 20.2 Å². The Morgan fingerprint density at radius 2 is 1.90 bits per heavy atom. The maximum atomic E-state index is 13.3. The van der Waals surface area contributed by atoms with Gasteiger partial charge in [0.1, 0.15) is 10.7 Å². The van der Waals surface area contributed by atoms with Crippen molar-refractivity contribution in [1.29, 1.82) is 0 Å². The molecule has 1 aromatic carbocycles. The van der Waals surface area contributed by atoms with Gasteiger partial charge in [0.15, 0.2) is 0 Å². The first kappa shape index (κ1) is 16.3. The fraction of sp³-hybridized carbons (Fsp3) is 0.455. The molecule has 1 N–H and O–H groups in total. The quantitative estimate of drug-likeness (QED) is 0.814. The van der Waals surface area contributed by atoms with Gasteiger partial charge in [-0.15, -0.1) is 3.89 Å². The van der Waals surface area contributed by atoms with E-state index in [1.165, 1.54) is 6.92 Å². The molecule has 1 heterocycles. The number of halogens is 2. The number of benzene rings is 1. The van der Waals surface area contributed by atoms with Crippen LogP contribution < -0.4 is 0 Å². The Bertz CT molecular complexity index is 774. The summed E-state index contributed by atoms with van der Waals surface area (Å²) in [6, 6.07) is 1.87. The van der Waals surface area contributed by atoms with Crippen LogP contribution >= 0.6 is 0 Å². The molecule has 6 nitrogen and oxygen atoms in total. The minimum Gasteiger partial charge on any atom is -0.389 e. The van der Waals surface area contributed by atoms with E-state index in [9.17, 15) is 30.2 Å². The maximum absolute atomic E-state index is 13.3. The second-order valence-electron chi connectivity index (χ2n) is 5.12. The van der Waals surface area contributed by atoms with Crippen LogP contribution in [0.15, 0.2) is 28.0 Å². The fourth-order valence-corrected chi connectivity index (χ4v) is 4.32. The third kappa shape index (κ3) is 3.23.